The van der Waals surface area contributed by atoms with Crippen molar-refractivity contribution in [1.82, 2.24) is 0 Å². The van der Waals surface area contributed by atoms with E-state index in [9.17, 15) is 4.39 Å². The zero-order chi connectivity index (χ0) is 10.2. The maximum atomic E-state index is 13.0. The lowest BCUT2D eigenvalue weighted by Gasteiger charge is -2.05. The van der Waals surface area contributed by atoms with Gasteiger partial charge in [0.15, 0.2) is 0 Å². The fourth-order valence-corrected chi connectivity index (χ4v) is 1.50. The Morgan fingerprint density at radius 1 is 1.14 bits per heavy atom. The predicted octanol–water partition coefficient (Wildman–Crippen LogP) is 2.70. The smallest absolute Gasteiger partial charge is 0.101 e. The summed E-state index contributed by atoms with van der Waals surface area (Å²) in [5.41, 5.74) is 6.56. The molecular formula is C12H18FN. The van der Waals surface area contributed by atoms with Crippen LogP contribution in [0.2, 0.25) is 0 Å². The summed E-state index contributed by atoms with van der Waals surface area (Å²) in [5.74, 6) is 0. The van der Waals surface area contributed by atoms with Gasteiger partial charge in [0.25, 0.3) is 0 Å². The number of halogens is 1. The molecule has 1 aromatic rings. The summed E-state index contributed by atoms with van der Waals surface area (Å²) in [6, 6.07) is 10.2. The highest BCUT2D eigenvalue weighted by Crippen LogP contribution is 2.10. The average Bonchev–Trinajstić information content (AvgIpc) is 2.20. The van der Waals surface area contributed by atoms with Crippen molar-refractivity contribution in [3.8, 4) is 0 Å². The Bertz CT molecular complexity index is 235. The van der Waals surface area contributed by atoms with Gasteiger partial charge in [-0.25, -0.2) is 4.39 Å². The van der Waals surface area contributed by atoms with E-state index in [1.54, 1.807) is 0 Å². The number of rotatable bonds is 6. The van der Waals surface area contributed by atoms with Crippen LogP contribution in [0.1, 0.15) is 24.8 Å². The summed E-state index contributed by atoms with van der Waals surface area (Å²) in [6.07, 6.45) is 2.28. The second-order valence-corrected chi connectivity index (χ2v) is 3.55. The van der Waals surface area contributed by atoms with E-state index in [2.05, 4.69) is 12.1 Å². The molecule has 1 unspecified atom stereocenters. The Balaban J connectivity index is 2.16. The molecule has 1 rings (SSSR count). The Morgan fingerprint density at radius 3 is 2.50 bits per heavy atom. The SMILES string of the molecule is NCCC(F)CCCc1ccccc1. The summed E-state index contributed by atoms with van der Waals surface area (Å²) in [4.78, 5) is 0. The van der Waals surface area contributed by atoms with E-state index in [0.717, 1.165) is 12.8 Å². The van der Waals surface area contributed by atoms with Gasteiger partial charge in [-0.05, 0) is 37.8 Å². The molecule has 14 heavy (non-hydrogen) atoms. The van der Waals surface area contributed by atoms with Gasteiger partial charge in [-0.1, -0.05) is 30.3 Å². The van der Waals surface area contributed by atoms with Gasteiger partial charge in [0.05, 0.1) is 0 Å². The number of aryl methyl sites for hydroxylation is 1. The molecule has 0 aliphatic rings. The molecule has 1 aromatic carbocycles. The maximum Gasteiger partial charge on any atom is 0.101 e. The van der Waals surface area contributed by atoms with Crippen LogP contribution in [0.3, 0.4) is 0 Å². The highest BCUT2D eigenvalue weighted by Gasteiger charge is 2.04. The predicted molar refractivity (Wildman–Crippen MR) is 57.9 cm³/mol. The molecule has 0 heterocycles. The monoisotopic (exact) mass is 195 g/mol. The summed E-state index contributed by atoms with van der Waals surface area (Å²) < 4.78 is 13.0. The molecular weight excluding hydrogens is 177 g/mol. The highest BCUT2D eigenvalue weighted by atomic mass is 19.1. The zero-order valence-corrected chi connectivity index (χ0v) is 8.45. The average molecular weight is 195 g/mol. The van der Waals surface area contributed by atoms with Crippen molar-refractivity contribution in [3.63, 3.8) is 0 Å². The third-order valence-corrected chi connectivity index (χ3v) is 2.31. The van der Waals surface area contributed by atoms with Crippen LogP contribution in [0.25, 0.3) is 0 Å². The molecule has 2 N–H and O–H groups in total. The quantitative estimate of drug-likeness (QED) is 0.742. The molecule has 0 fully saturated rings. The normalized spacial score (nSPS) is 12.7. The Labute approximate surface area is 85.1 Å². The van der Waals surface area contributed by atoms with Gasteiger partial charge in [-0.3, -0.25) is 0 Å². The lowest BCUT2D eigenvalue weighted by Crippen LogP contribution is -2.09. The minimum atomic E-state index is -0.719. The van der Waals surface area contributed by atoms with Crippen LogP contribution < -0.4 is 5.73 Å². The zero-order valence-electron chi connectivity index (χ0n) is 8.45. The van der Waals surface area contributed by atoms with Crippen molar-refractivity contribution >= 4 is 0 Å². The van der Waals surface area contributed by atoms with Gasteiger partial charge in [0.2, 0.25) is 0 Å². The second kappa shape index (κ2) is 6.55. The van der Waals surface area contributed by atoms with Crippen LogP contribution in [0, 0.1) is 0 Å². The lowest BCUT2D eigenvalue weighted by molar-refractivity contribution is 0.294. The topological polar surface area (TPSA) is 26.0 Å². The van der Waals surface area contributed by atoms with Gasteiger partial charge < -0.3 is 5.73 Å². The highest BCUT2D eigenvalue weighted by molar-refractivity contribution is 5.14. The van der Waals surface area contributed by atoms with Gasteiger partial charge in [-0.15, -0.1) is 0 Å². The number of hydrogen-bond donors (Lipinski definition) is 1. The summed E-state index contributed by atoms with van der Waals surface area (Å²) in [7, 11) is 0. The third-order valence-electron chi connectivity index (χ3n) is 2.31. The molecule has 0 saturated heterocycles. The molecule has 0 bridgehead atoms. The molecule has 1 nitrogen and oxygen atoms in total. The van der Waals surface area contributed by atoms with E-state index < -0.39 is 6.17 Å². The number of benzene rings is 1. The fraction of sp³-hybridized carbons (Fsp3) is 0.500. The molecule has 0 radical (unpaired) electrons. The first-order chi connectivity index (χ1) is 6.83. The first kappa shape index (κ1) is 11.2. The molecule has 0 amide bonds. The number of hydrogen-bond acceptors (Lipinski definition) is 1. The van der Waals surface area contributed by atoms with Crippen LogP contribution >= 0.6 is 0 Å². The van der Waals surface area contributed by atoms with E-state index in [1.807, 2.05) is 18.2 Å². The van der Waals surface area contributed by atoms with Crippen LogP contribution in [0.5, 0.6) is 0 Å². The lowest BCUT2D eigenvalue weighted by atomic mass is 10.1. The van der Waals surface area contributed by atoms with Crippen molar-refractivity contribution in [2.75, 3.05) is 6.54 Å². The van der Waals surface area contributed by atoms with Crippen molar-refractivity contribution in [2.24, 2.45) is 5.73 Å². The van der Waals surface area contributed by atoms with Gasteiger partial charge >= 0.3 is 0 Å². The summed E-state index contributed by atoms with van der Waals surface area (Å²) >= 11 is 0. The van der Waals surface area contributed by atoms with Gasteiger partial charge in [0, 0.05) is 0 Å². The third kappa shape index (κ3) is 4.38. The van der Waals surface area contributed by atoms with Crippen molar-refractivity contribution < 1.29 is 4.39 Å². The van der Waals surface area contributed by atoms with Crippen LogP contribution in [0.4, 0.5) is 4.39 Å². The largest absolute Gasteiger partial charge is 0.330 e. The van der Waals surface area contributed by atoms with E-state index in [4.69, 9.17) is 5.73 Å². The molecule has 0 aliphatic heterocycles. The number of nitrogens with two attached hydrogens (primary N) is 1. The molecule has 0 aliphatic carbocycles. The Hall–Kier alpha value is -0.890. The summed E-state index contributed by atoms with van der Waals surface area (Å²) in [6.45, 7) is 0.451. The number of alkyl halides is 1. The molecule has 0 aromatic heterocycles. The summed E-state index contributed by atoms with van der Waals surface area (Å²) in [5, 5.41) is 0. The minimum absolute atomic E-state index is 0.451. The standard InChI is InChI=1S/C12H18FN/c13-12(9-10-14)8-4-7-11-5-2-1-3-6-11/h1-3,5-6,12H,4,7-10,14H2. The van der Waals surface area contributed by atoms with E-state index in [-0.39, 0.29) is 0 Å². The van der Waals surface area contributed by atoms with E-state index >= 15 is 0 Å². The fourth-order valence-electron chi connectivity index (χ4n) is 1.50. The minimum Gasteiger partial charge on any atom is -0.330 e. The van der Waals surface area contributed by atoms with Crippen LogP contribution in [-0.2, 0) is 6.42 Å². The Morgan fingerprint density at radius 2 is 1.86 bits per heavy atom. The molecule has 2 heteroatoms. The molecule has 0 saturated carbocycles. The van der Waals surface area contributed by atoms with E-state index in [1.165, 1.54) is 5.56 Å². The van der Waals surface area contributed by atoms with Crippen LogP contribution in [0.15, 0.2) is 30.3 Å². The van der Waals surface area contributed by atoms with Gasteiger partial charge in [0.1, 0.15) is 6.17 Å². The first-order valence-corrected chi connectivity index (χ1v) is 5.21. The molecule has 1 atom stereocenters. The Kier molecular flexibility index (Phi) is 5.23. The van der Waals surface area contributed by atoms with Crippen molar-refractivity contribution in [2.45, 2.75) is 31.9 Å². The van der Waals surface area contributed by atoms with Gasteiger partial charge in [-0.2, -0.15) is 0 Å². The van der Waals surface area contributed by atoms with Crippen molar-refractivity contribution in [1.29, 1.82) is 0 Å². The first-order valence-electron chi connectivity index (χ1n) is 5.21. The second-order valence-electron chi connectivity index (χ2n) is 3.55. The molecule has 0 spiro atoms. The van der Waals surface area contributed by atoms with Crippen LogP contribution in [-0.4, -0.2) is 12.7 Å². The molecule has 78 valence electrons. The van der Waals surface area contributed by atoms with Crippen molar-refractivity contribution in [3.05, 3.63) is 35.9 Å². The van der Waals surface area contributed by atoms with E-state index in [0.29, 0.717) is 19.4 Å². The maximum absolute atomic E-state index is 13.0.